The molecule has 3 aliphatic heterocycles. The van der Waals surface area contributed by atoms with Gasteiger partial charge in [0.25, 0.3) is 0 Å². The highest BCUT2D eigenvalue weighted by atomic mass is 16.7. The van der Waals surface area contributed by atoms with Crippen molar-refractivity contribution in [2.75, 3.05) is 6.61 Å². The first-order chi connectivity index (χ1) is 22.0. The van der Waals surface area contributed by atoms with Crippen molar-refractivity contribution in [2.24, 2.45) is 5.73 Å². The molecule has 3 rings (SSSR count). The average Bonchev–Trinajstić information content (AvgIpc) is 2.97. The van der Waals surface area contributed by atoms with Gasteiger partial charge < -0.3 is 75.6 Å². The van der Waals surface area contributed by atoms with Gasteiger partial charge in [-0.2, -0.15) is 0 Å². The SMILES string of the molecule is CCCO[C@@H]1O[C@@H](C(=O)O)[C@H](O[C@@H]2O[C@H](C)[C@H](N)[C@H](O[C@@H]3O[C@@H](C(=O)O)[C@H](O)[C@H](O)[C@H]3NC(C)=O)[C@H]2NC(C)=O)[C@H](O)[C@H]1NC(C)=O. The van der Waals surface area contributed by atoms with Gasteiger partial charge in [-0.05, 0) is 13.3 Å². The summed E-state index contributed by atoms with van der Waals surface area (Å²) in [4.78, 5) is 60.4. The molecule has 0 aromatic rings. The molecule has 0 aromatic carbocycles. The number of aliphatic hydroxyl groups is 3. The highest BCUT2D eigenvalue weighted by Gasteiger charge is 2.55. The van der Waals surface area contributed by atoms with Crippen LogP contribution in [0.15, 0.2) is 0 Å². The number of amides is 3. The number of hydrogen-bond donors (Lipinski definition) is 9. The molecule has 20 heteroatoms. The number of carbonyl (C=O) groups excluding carboxylic acids is 3. The molecule has 3 fully saturated rings. The maximum atomic E-state index is 12.4. The van der Waals surface area contributed by atoms with E-state index in [-0.39, 0.29) is 6.61 Å². The summed E-state index contributed by atoms with van der Waals surface area (Å²) in [5.74, 6) is -5.19. The Balaban J connectivity index is 1.99. The summed E-state index contributed by atoms with van der Waals surface area (Å²) in [6, 6.07) is -5.39. The molecule has 0 aliphatic carbocycles. The number of ether oxygens (including phenoxy) is 6. The Labute approximate surface area is 269 Å². The van der Waals surface area contributed by atoms with E-state index in [4.69, 9.17) is 34.2 Å². The van der Waals surface area contributed by atoms with Crippen molar-refractivity contribution in [1.82, 2.24) is 16.0 Å². The summed E-state index contributed by atoms with van der Waals surface area (Å²) >= 11 is 0. The van der Waals surface area contributed by atoms with E-state index in [1.54, 1.807) is 6.92 Å². The molecule has 10 N–H and O–H groups in total. The Kier molecular flexibility index (Phi) is 13.4. The van der Waals surface area contributed by atoms with E-state index in [2.05, 4.69) is 16.0 Å². The number of rotatable bonds is 12. The zero-order chi connectivity index (χ0) is 35.3. The summed E-state index contributed by atoms with van der Waals surface area (Å²) in [5.41, 5.74) is 6.39. The van der Waals surface area contributed by atoms with Crippen LogP contribution in [-0.2, 0) is 52.4 Å². The minimum Gasteiger partial charge on any atom is -0.479 e. The molecule has 20 nitrogen and oxygen atoms in total. The number of nitrogens with two attached hydrogens (primary N) is 1. The van der Waals surface area contributed by atoms with Gasteiger partial charge in [-0.15, -0.1) is 0 Å². The molecule has 0 radical (unpaired) electrons. The van der Waals surface area contributed by atoms with Crippen LogP contribution in [0, 0.1) is 0 Å². The Bertz CT molecular complexity index is 1150. The van der Waals surface area contributed by atoms with Gasteiger partial charge in [0.1, 0.15) is 48.6 Å². The van der Waals surface area contributed by atoms with Crippen LogP contribution in [0.4, 0.5) is 0 Å². The van der Waals surface area contributed by atoms with Crippen LogP contribution in [0.5, 0.6) is 0 Å². The van der Waals surface area contributed by atoms with E-state index < -0.39 is 122 Å². The normalized spacial score (nSPS) is 40.6. The second kappa shape index (κ2) is 16.4. The largest absolute Gasteiger partial charge is 0.479 e. The second-order valence-electron chi connectivity index (χ2n) is 11.5. The lowest BCUT2D eigenvalue weighted by Crippen LogP contribution is -2.72. The lowest BCUT2D eigenvalue weighted by molar-refractivity contribution is -0.331. The van der Waals surface area contributed by atoms with Crippen LogP contribution in [-0.4, -0.2) is 154 Å². The maximum Gasteiger partial charge on any atom is 0.335 e. The van der Waals surface area contributed by atoms with Crippen molar-refractivity contribution in [1.29, 1.82) is 0 Å². The van der Waals surface area contributed by atoms with Gasteiger partial charge in [0.2, 0.25) is 17.7 Å². The molecule has 0 saturated carbocycles. The lowest BCUT2D eigenvalue weighted by Gasteiger charge is -2.50. The van der Waals surface area contributed by atoms with Crippen LogP contribution in [0.1, 0.15) is 41.0 Å². The predicted octanol–water partition coefficient (Wildman–Crippen LogP) is -4.53. The Morgan fingerprint density at radius 3 is 1.66 bits per heavy atom. The fourth-order valence-electron chi connectivity index (χ4n) is 5.57. The first-order valence-electron chi connectivity index (χ1n) is 14.9. The Morgan fingerprint density at radius 2 is 1.15 bits per heavy atom. The molecule has 47 heavy (non-hydrogen) atoms. The number of carboxylic acid groups (broad SMARTS) is 2. The van der Waals surface area contributed by atoms with E-state index in [1.807, 2.05) is 0 Å². The van der Waals surface area contributed by atoms with Crippen LogP contribution >= 0.6 is 0 Å². The van der Waals surface area contributed by atoms with Gasteiger partial charge in [0, 0.05) is 27.4 Å². The molecule has 3 heterocycles. The third-order valence-electron chi connectivity index (χ3n) is 7.76. The standard InChI is InChI=1S/C27H44N4O16/c1-6-7-42-25-14(30-10(4)33)17(36)20(22(47-25)24(40)41)45-27-15(31-11(5)34)19(12(28)8(2)43-27)44-26-13(29-9(3)32)16(35)18(37)21(46-26)23(38)39/h8,12-22,25-27,35-37H,6-7,28H2,1-5H3,(H,29,32)(H,30,33)(H,31,34)(H,38,39)(H,40,41)/t8-,12+,13-,14-,15-,16-,17-,18-,19+,20-,21-,22-,25-,26-,27+/m1/s1. The van der Waals surface area contributed by atoms with E-state index in [1.165, 1.54) is 6.92 Å². The summed E-state index contributed by atoms with van der Waals surface area (Å²) in [6.45, 7) is 6.74. The van der Waals surface area contributed by atoms with Crippen molar-refractivity contribution in [2.45, 2.75) is 133 Å². The van der Waals surface area contributed by atoms with Crippen LogP contribution in [0.2, 0.25) is 0 Å². The monoisotopic (exact) mass is 680 g/mol. The molecule has 3 saturated heterocycles. The summed E-state index contributed by atoms with van der Waals surface area (Å²) < 4.78 is 34.5. The van der Waals surface area contributed by atoms with Crippen molar-refractivity contribution >= 4 is 29.7 Å². The molecule has 0 spiro atoms. The van der Waals surface area contributed by atoms with Crippen LogP contribution in [0.25, 0.3) is 0 Å². The predicted molar refractivity (Wildman–Crippen MR) is 152 cm³/mol. The number of nitrogens with one attached hydrogen (secondary N) is 3. The molecule has 0 unspecified atom stereocenters. The fraction of sp³-hybridized carbons (Fsp3) is 0.815. The van der Waals surface area contributed by atoms with Gasteiger partial charge in [-0.25, -0.2) is 9.59 Å². The van der Waals surface area contributed by atoms with Gasteiger partial charge in [-0.3, -0.25) is 14.4 Å². The highest BCUT2D eigenvalue weighted by molar-refractivity contribution is 5.76. The van der Waals surface area contributed by atoms with Crippen LogP contribution < -0.4 is 21.7 Å². The van der Waals surface area contributed by atoms with E-state index >= 15 is 0 Å². The number of carboxylic acids is 2. The minimum atomic E-state index is -2.00. The Morgan fingerprint density at radius 1 is 0.681 bits per heavy atom. The van der Waals surface area contributed by atoms with E-state index in [0.29, 0.717) is 6.42 Å². The zero-order valence-corrected chi connectivity index (χ0v) is 26.4. The van der Waals surface area contributed by atoms with Crippen molar-refractivity contribution in [3.8, 4) is 0 Å². The zero-order valence-electron chi connectivity index (χ0n) is 26.4. The molecular weight excluding hydrogens is 636 g/mol. The molecule has 3 aliphatic rings. The number of carbonyl (C=O) groups is 5. The topological polar surface area (TPSA) is 304 Å². The van der Waals surface area contributed by atoms with Crippen molar-refractivity contribution in [3.63, 3.8) is 0 Å². The minimum absolute atomic E-state index is 0.104. The smallest absolute Gasteiger partial charge is 0.335 e. The van der Waals surface area contributed by atoms with Crippen LogP contribution in [0.3, 0.4) is 0 Å². The van der Waals surface area contributed by atoms with Gasteiger partial charge in [0.05, 0.1) is 12.1 Å². The van der Waals surface area contributed by atoms with Crippen molar-refractivity contribution < 1.29 is 77.9 Å². The van der Waals surface area contributed by atoms with E-state index in [0.717, 1.165) is 20.8 Å². The summed E-state index contributed by atoms with van der Waals surface area (Å²) in [7, 11) is 0. The van der Waals surface area contributed by atoms with Gasteiger partial charge in [-0.1, -0.05) is 6.92 Å². The lowest BCUT2D eigenvalue weighted by atomic mass is 9.92. The molecular formula is C27H44N4O16. The Hall–Kier alpha value is -3.05. The molecule has 268 valence electrons. The average molecular weight is 681 g/mol. The first kappa shape index (κ1) is 38.4. The van der Waals surface area contributed by atoms with Gasteiger partial charge in [0.15, 0.2) is 31.1 Å². The maximum absolute atomic E-state index is 12.4. The highest BCUT2D eigenvalue weighted by Crippen LogP contribution is 2.32. The fourth-order valence-corrected chi connectivity index (χ4v) is 5.57. The molecule has 0 aromatic heterocycles. The third-order valence-corrected chi connectivity index (χ3v) is 7.76. The number of aliphatic carboxylic acids is 2. The van der Waals surface area contributed by atoms with Crippen molar-refractivity contribution in [3.05, 3.63) is 0 Å². The second-order valence-corrected chi connectivity index (χ2v) is 11.5. The number of aliphatic hydroxyl groups excluding tert-OH is 3. The molecule has 15 atom stereocenters. The first-order valence-corrected chi connectivity index (χ1v) is 14.9. The van der Waals surface area contributed by atoms with E-state index in [9.17, 15) is 49.5 Å². The van der Waals surface area contributed by atoms with Gasteiger partial charge >= 0.3 is 11.9 Å². The quantitative estimate of drug-likeness (QED) is 0.0937. The summed E-state index contributed by atoms with van der Waals surface area (Å²) in [6.07, 6.45) is -17.9. The molecule has 0 bridgehead atoms. The summed E-state index contributed by atoms with van der Waals surface area (Å²) in [5, 5.41) is 59.3. The third kappa shape index (κ3) is 9.10. The molecule has 3 amide bonds. The number of hydrogen-bond acceptors (Lipinski definition) is 15.